The molecule has 7 heteroatoms. The van der Waals surface area contributed by atoms with E-state index in [0.29, 0.717) is 12.4 Å². The number of hydrogen-bond acceptors (Lipinski definition) is 2. The van der Waals surface area contributed by atoms with E-state index in [0.717, 1.165) is 12.1 Å². The van der Waals surface area contributed by atoms with Gasteiger partial charge in [0.1, 0.15) is 11.8 Å². The second-order valence-corrected chi connectivity index (χ2v) is 3.60. The van der Waals surface area contributed by atoms with Gasteiger partial charge in [-0.3, -0.25) is 0 Å². The van der Waals surface area contributed by atoms with Gasteiger partial charge in [0.15, 0.2) is 0 Å². The number of halogens is 5. The predicted octanol–water partition coefficient (Wildman–Crippen LogP) is 3.28. The lowest BCUT2D eigenvalue weighted by Gasteiger charge is -2.26. The molecule has 0 aromatic heterocycles. The van der Waals surface area contributed by atoms with Gasteiger partial charge in [-0.15, -0.1) is 0 Å². The first-order valence-corrected chi connectivity index (χ1v) is 5.13. The molecule has 2 nitrogen and oxygen atoms in total. The molecule has 1 aromatic rings. The van der Waals surface area contributed by atoms with Crippen molar-refractivity contribution in [3.8, 4) is 5.75 Å². The Labute approximate surface area is 101 Å². The van der Waals surface area contributed by atoms with Crippen molar-refractivity contribution < 1.29 is 26.7 Å². The molecule has 0 aliphatic heterocycles. The van der Waals surface area contributed by atoms with Gasteiger partial charge in [0, 0.05) is 0 Å². The standard InChI is InChI=1S/C11H12F5NO/c1-2-18-8-5-3-7(4-6-8)9(17)10(12,13)11(14,15)16/h3-6,9H,2,17H2,1H3/t9-/m1/s1. The van der Waals surface area contributed by atoms with Gasteiger partial charge in [-0.05, 0) is 24.6 Å². The molecular weight excluding hydrogens is 257 g/mol. The summed E-state index contributed by atoms with van der Waals surface area (Å²) in [6.45, 7) is 2.08. The SMILES string of the molecule is CCOc1ccc([C@@H](N)C(F)(F)C(F)(F)F)cc1. The lowest BCUT2D eigenvalue weighted by Crippen LogP contribution is -2.45. The van der Waals surface area contributed by atoms with E-state index in [2.05, 4.69) is 0 Å². The average Bonchev–Trinajstić information content (AvgIpc) is 2.28. The molecule has 0 amide bonds. The molecule has 0 aliphatic rings. The van der Waals surface area contributed by atoms with Crippen LogP contribution >= 0.6 is 0 Å². The van der Waals surface area contributed by atoms with Crippen LogP contribution in [0.25, 0.3) is 0 Å². The zero-order valence-corrected chi connectivity index (χ0v) is 9.47. The highest BCUT2D eigenvalue weighted by Gasteiger charge is 2.61. The Morgan fingerprint density at radius 3 is 2.00 bits per heavy atom. The molecular formula is C11H12F5NO. The molecule has 0 spiro atoms. The molecule has 18 heavy (non-hydrogen) atoms. The van der Waals surface area contributed by atoms with Gasteiger partial charge in [-0.2, -0.15) is 22.0 Å². The topological polar surface area (TPSA) is 35.2 Å². The number of ether oxygens (including phenoxy) is 1. The summed E-state index contributed by atoms with van der Waals surface area (Å²) >= 11 is 0. The summed E-state index contributed by atoms with van der Waals surface area (Å²) in [4.78, 5) is 0. The van der Waals surface area contributed by atoms with Crippen molar-refractivity contribution >= 4 is 0 Å². The minimum absolute atomic E-state index is 0.305. The number of hydrogen-bond donors (Lipinski definition) is 1. The Kier molecular flexibility index (Phi) is 4.16. The molecule has 1 rings (SSSR count). The van der Waals surface area contributed by atoms with E-state index in [1.807, 2.05) is 0 Å². The summed E-state index contributed by atoms with van der Waals surface area (Å²) in [5, 5.41) is 0. The molecule has 0 unspecified atom stereocenters. The van der Waals surface area contributed by atoms with Gasteiger partial charge in [0.2, 0.25) is 0 Å². The highest BCUT2D eigenvalue weighted by atomic mass is 19.4. The zero-order valence-electron chi connectivity index (χ0n) is 9.47. The van der Waals surface area contributed by atoms with Crippen LogP contribution < -0.4 is 10.5 Å². The molecule has 102 valence electrons. The lowest BCUT2D eigenvalue weighted by molar-refractivity contribution is -0.291. The van der Waals surface area contributed by atoms with Crippen molar-refractivity contribution in [3.63, 3.8) is 0 Å². The Morgan fingerprint density at radius 2 is 1.61 bits per heavy atom. The van der Waals surface area contributed by atoms with E-state index in [1.165, 1.54) is 12.1 Å². The third-order valence-electron chi connectivity index (χ3n) is 2.32. The maximum atomic E-state index is 13.0. The fraction of sp³-hybridized carbons (Fsp3) is 0.455. The van der Waals surface area contributed by atoms with Crippen molar-refractivity contribution in [2.45, 2.75) is 25.1 Å². The van der Waals surface area contributed by atoms with Crippen molar-refractivity contribution in [1.82, 2.24) is 0 Å². The van der Waals surface area contributed by atoms with Crippen LogP contribution in [0.4, 0.5) is 22.0 Å². The van der Waals surface area contributed by atoms with Crippen LogP contribution in [-0.4, -0.2) is 18.7 Å². The second kappa shape index (κ2) is 5.09. The zero-order chi connectivity index (χ0) is 14.0. The van der Waals surface area contributed by atoms with Crippen molar-refractivity contribution in [2.75, 3.05) is 6.61 Å². The van der Waals surface area contributed by atoms with Gasteiger partial charge in [-0.1, -0.05) is 12.1 Å². The average molecular weight is 269 g/mol. The first-order chi connectivity index (χ1) is 8.20. The third-order valence-corrected chi connectivity index (χ3v) is 2.32. The summed E-state index contributed by atoms with van der Waals surface area (Å²) in [7, 11) is 0. The fourth-order valence-electron chi connectivity index (χ4n) is 1.32. The van der Waals surface area contributed by atoms with Gasteiger partial charge in [0.25, 0.3) is 0 Å². The Bertz CT molecular complexity index is 387. The smallest absolute Gasteiger partial charge is 0.455 e. The first kappa shape index (κ1) is 14.7. The molecule has 0 radical (unpaired) electrons. The van der Waals surface area contributed by atoms with E-state index < -0.39 is 18.1 Å². The minimum atomic E-state index is -5.68. The second-order valence-electron chi connectivity index (χ2n) is 3.60. The molecule has 1 aromatic carbocycles. The number of benzene rings is 1. The van der Waals surface area contributed by atoms with Crippen molar-refractivity contribution in [2.24, 2.45) is 5.73 Å². The highest BCUT2D eigenvalue weighted by molar-refractivity contribution is 5.30. The van der Waals surface area contributed by atoms with E-state index in [-0.39, 0.29) is 5.56 Å². The number of alkyl halides is 5. The van der Waals surface area contributed by atoms with E-state index >= 15 is 0 Å². The quantitative estimate of drug-likeness (QED) is 0.851. The first-order valence-electron chi connectivity index (χ1n) is 5.13. The van der Waals surface area contributed by atoms with Crippen molar-refractivity contribution in [1.29, 1.82) is 0 Å². The van der Waals surface area contributed by atoms with E-state index in [9.17, 15) is 22.0 Å². The van der Waals surface area contributed by atoms with Crippen LogP contribution in [0.5, 0.6) is 5.75 Å². The molecule has 0 heterocycles. The molecule has 0 saturated heterocycles. The minimum Gasteiger partial charge on any atom is -0.494 e. The van der Waals surface area contributed by atoms with Crippen LogP contribution in [0.1, 0.15) is 18.5 Å². The van der Waals surface area contributed by atoms with Gasteiger partial charge >= 0.3 is 12.1 Å². The van der Waals surface area contributed by atoms with Crippen LogP contribution in [0.3, 0.4) is 0 Å². The summed E-state index contributed by atoms with van der Waals surface area (Å²) in [5.74, 6) is -4.59. The highest BCUT2D eigenvalue weighted by Crippen LogP contribution is 2.43. The normalized spacial score (nSPS) is 14.4. The molecule has 0 fully saturated rings. The largest absolute Gasteiger partial charge is 0.494 e. The Balaban J connectivity index is 2.94. The predicted molar refractivity (Wildman–Crippen MR) is 55.5 cm³/mol. The summed E-state index contributed by atoms with van der Waals surface area (Å²) < 4.78 is 67.3. The van der Waals surface area contributed by atoms with Crippen LogP contribution in [-0.2, 0) is 0 Å². The monoisotopic (exact) mass is 269 g/mol. The molecule has 0 saturated carbocycles. The molecule has 1 atom stereocenters. The summed E-state index contributed by atoms with van der Waals surface area (Å²) in [5.41, 5.74) is 4.67. The third kappa shape index (κ3) is 2.90. The number of rotatable bonds is 4. The van der Waals surface area contributed by atoms with E-state index in [4.69, 9.17) is 10.5 Å². The van der Waals surface area contributed by atoms with Crippen LogP contribution in [0.2, 0.25) is 0 Å². The summed E-state index contributed by atoms with van der Waals surface area (Å²) in [6.07, 6.45) is -5.68. The maximum absolute atomic E-state index is 13.0. The van der Waals surface area contributed by atoms with Gasteiger partial charge in [0.05, 0.1) is 6.61 Å². The molecule has 0 aliphatic carbocycles. The van der Waals surface area contributed by atoms with Crippen LogP contribution in [0, 0.1) is 0 Å². The van der Waals surface area contributed by atoms with Crippen LogP contribution in [0.15, 0.2) is 24.3 Å². The summed E-state index contributed by atoms with van der Waals surface area (Å²) in [6, 6.07) is 2.34. The van der Waals surface area contributed by atoms with Crippen molar-refractivity contribution in [3.05, 3.63) is 29.8 Å². The Morgan fingerprint density at radius 1 is 1.11 bits per heavy atom. The van der Waals surface area contributed by atoms with Gasteiger partial charge < -0.3 is 10.5 Å². The fourth-order valence-corrected chi connectivity index (χ4v) is 1.32. The molecule has 2 N–H and O–H groups in total. The van der Waals surface area contributed by atoms with E-state index in [1.54, 1.807) is 6.92 Å². The lowest BCUT2D eigenvalue weighted by atomic mass is 10.0. The molecule has 0 bridgehead atoms. The maximum Gasteiger partial charge on any atom is 0.455 e. The van der Waals surface area contributed by atoms with Gasteiger partial charge in [-0.25, -0.2) is 0 Å². The number of nitrogens with two attached hydrogens (primary N) is 1. The Hall–Kier alpha value is -1.37.